The Bertz CT molecular complexity index is 682. The summed E-state index contributed by atoms with van der Waals surface area (Å²) in [7, 11) is 1.55. The molecule has 0 unspecified atom stereocenters. The van der Waals surface area contributed by atoms with Gasteiger partial charge in [0.2, 0.25) is 0 Å². The molecule has 1 saturated heterocycles. The minimum absolute atomic E-state index is 0.328. The van der Waals surface area contributed by atoms with Gasteiger partial charge in [-0.15, -0.1) is 0 Å². The highest BCUT2D eigenvalue weighted by molar-refractivity contribution is 6.32. The Morgan fingerprint density at radius 1 is 1.04 bits per heavy atom. The van der Waals surface area contributed by atoms with Crippen molar-refractivity contribution in [2.45, 2.75) is 13.8 Å². The van der Waals surface area contributed by atoms with Crippen molar-refractivity contribution >= 4 is 23.2 Å². The molecule has 23 heavy (non-hydrogen) atoms. The van der Waals surface area contributed by atoms with Crippen LogP contribution >= 0.6 is 11.6 Å². The van der Waals surface area contributed by atoms with Gasteiger partial charge in [0, 0.05) is 37.9 Å². The number of ether oxygens (including phenoxy) is 1. The summed E-state index contributed by atoms with van der Waals surface area (Å²) in [6.07, 6.45) is 1.58. The zero-order valence-electron chi connectivity index (χ0n) is 13.5. The molecule has 122 valence electrons. The lowest BCUT2D eigenvalue weighted by Crippen LogP contribution is -2.47. The fourth-order valence-corrected chi connectivity index (χ4v) is 2.88. The smallest absolute Gasteiger partial charge is 0.318 e. The van der Waals surface area contributed by atoms with Crippen LogP contribution in [0.4, 0.5) is 11.6 Å². The first-order valence-corrected chi connectivity index (χ1v) is 7.83. The van der Waals surface area contributed by atoms with Gasteiger partial charge in [-0.2, -0.15) is 4.98 Å². The topological polar surface area (TPSA) is 67.3 Å². The maximum absolute atomic E-state index is 6.23. The Balaban J connectivity index is 1.73. The third-order valence-electron chi connectivity index (χ3n) is 3.74. The maximum atomic E-state index is 6.23. The summed E-state index contributed by atoms with van der Waals surface area (Å²) in [5, 5.41) is 0.535. The molecule has 0 aromatic carbocycles. The van der Waals surface area contributed by atoms with E-state index < -0.39 is 0 Å². The largest absolute Gasteiger partial charge is 0.467 e. The quantitative estimate of drug-likeness (QED) is 0.848. The molecule has 8 heteroatoms. The van der Waals surface area contributed by atoms with Crippen LogP contribution in [0, 0.1) is 13.8 Å². The highest BCUT2D eigenvalue weighted by Crippen LogP contribution is 2.26. The summed E-state index contributed by atoms with van der Waals surface area (Å²) in [5.41, 5.74) is 0.985. The molecule has 1 aliphatic rings. The molecule has 0 N–H and O–H groups in total. The first-order valence-electron chi connectivity index (χ1n) is 7.45. The van der Waals surface area contributed by atoms with Crippen LogP contribution in [-0.4, -0.2) is 53.2 Å². The summed E-state index contributed by atoms with van der Waals surface area (Å²) in [6.45, 7) is 7.21. The summed E-state index contributed by atoms with van der Waals surface area (Å²) in [5.74, 6) is 2.49. The molecular formula is C15H19ClN6O. The zero-order chi connectivity index (χ0) is 16.4. The van der Waals surface area contributed by atoms with Gasteiger partial charge < -0.3 is 14.5 Å². The molecule has 1 fully saturated rings. The van der Waals surface area contributed by atoms with Gasteiger partial charge in [0.05, 0.1) is 13.3 Å². The number of anilines is 2. The molecule has 0 aliphatic carbocycles. The van der Waals surface area contributed by atoms with Crippen LogP contribution in [0.2, 0.25) is 5.02 Å². The van der Waals surface area contributed by atoms with Crippen molar-refractivity contribution in [3.63, 3.8) is 0 Å². The average Bonchev–Trinajstić information content (AvgIpc) is 2.55. The molecule has 0 atom stereocenters. The number of methoxy groups -OCH3 is 1. The van der Waals surface area contributed by atoms with Gasteiger partial charge in [0.25, 0.3) is 0 Å². The number of hydrogen-bond donors (Lipinski definition) is 0. The van der Waals surface area contributed by atoms with E-state index in [1.54, 1.807) is 13.3 Å². The predicted molar refractivity (Wildman–Crippen MR) is 89.5 cm³/mol. The molecule has 0 amide bonds. The van der Waals surface area contributed by atoms with E-state index >= 15 is 0 Å². The van der Waals surface area contributed by atoms with E-state index in [2.05, 4.69) is 29.7 Å². The minimum Gasteiger partial charge on any atom is -0.467 e. The van der Waals surface area contributed by atoms with Crippen LogP contribution in [0.15, 0.2) is 12.3 Å². The highest BCUT2D eigenvalue weighted by atomic mass is 35.5. The molecule has 7 nitrogen and oxygen atoms in total. The fourth-order valence-electron chi connectivity index (χ4n) is 2.67. The van der Waals surface area contributed by atoms with E-state index in [1.165, 1.54) is 0 Å². The molecular weight excluding hydrogens is 316 g/mol. The molecule has 0 radical (unpaired) electrons. The molecule has 0 bridgehead atoms. The lowest BCUT2D eigenvalue weighted by atomic mass is 10.3. The van der Waals surface area contributed by atoms with Crippen LogP contribution in [0.1, 0.15) is 11.5 Å². The third-order valence-corrected chi connectivity index (χ3v) is 4.01. The average molecular weight is 335 g/mol. The lowest BCUT2D eigenvalue weighted by molar-refractivity contribution is 0.379. The summed E-state index contributed by atoms with van der Waals surface area (Å²) < 4.78 is 5.08. The Morgan fingerprint density at radius 2 is 1.74 bits per heavy atom. The summed E-state index contributed by atoms with van der Waals surface area (Å²) >= 11 is 6.23. The van der Waals surface area contributed by atoms with Crippen LogP contribution in [0.25, 0.3) is 0 Å². The van der Waals surface area contributed by atoms with E-state index in [9.17, 15) is 0 Å². The van der Waals surface area contributed by atoms with E-state index in [0.717, 1.165) is 43.5 Å². The first kappa shape index (κ1) is 15.7. The van der Waals surface area contributed by atoms with Gasteiger partial charge in [0.15, 0.2) is 5.82 Å². The predicted octanol–water partition coefficient (Wildman–Crippen LogP) is 1.87. The second kappa shape index (κ2) is 6.54. The second-order valence-corrected chi connectivity index (χ2v) is 5.82. The minimum atomic E-state index is 0.328. The Hall–Kier alpha value is -2.15. The lowest BCUT2D eigenvalue weighted by Gasteiger charge is -2.36. The zero-order valence-corrected chi connectivity index (χ0v) is 14.2. The molecule has 0 saturated carbocycles. The molecule has 0 spiro atoms. The standard InChI is InChI=1S/C15H19ClN6O/c1-10-8-13(19-11(2)18-10)21-4-6-22(7-5-21)14-12(16)9-17-15(20-14)23-3/h8-9H,4-7H2,1-3H3. The highest BCUT2D eigenvalue weighted by Gasteiger charge is 2.22. The van der Waals surface area contributed by atoms with Crippen molar-refractivity contribution in [2.75, 3.05) is 43.1 Å². The van der Waals surface area contributed by atoms with Crippen LogP contribution in [0.3, 0.4) is 0 Å². The Kier molecular flexibility index (Phi) is 4.47. The number of rotatable bonds is 3. The van der Waals surface area contributed by atoms with Gasteiger partial charge in [-0.05, 0) is 13.8 Å². The normalized spacial score (nSPS) is 15.0. The Labute approximate surface area is 140 Å². The molecule has 3 rings (SSSR count). The van der Waals surface area contributed by atoms with Crippen LogP contribution in [0.5, 0.6) is 6.01 Å². The van der Waals surface area contributed by atoms with Crippen LogP contribution < -0.4 is 14.5 Å². The van der Waals surface area contributed by atoms with Crippen molar-refractivity contribution in [1.82, 2.24) is 19.9 Å². The summed E-state index contributed by atoms with van der Waals surface area (Å²) in [4.78, 5) is 21.6. The number of hydrogen-bond acceptors (Lipinski definition) is 7. The molecule has 2 aromatic rings. The van der Waals surface area contributed by atoms with E-state index in [4.69, 9.17) is 16.3 Å². The number of halogens is 1. The number of piperazine rings is 1. The van der Waals surface area contributed by atoms with Gasteiger partial charge in [-0.1, -0.05) is 11.6 Å². The maximum Gasteiger partial charge on any atom is 0.318 e. The third kappa shape index (κ3) is 3.44. The molecule has 1 aliphatic heterocycles. The van der Waals surface area contributed by atoms with E-state index in [0.29, 0.717) is 16.9 Å². The number of aromatic nitrogens is 4. The fraction of sp³-hybridized carbons (Fsp3) is 0.467. The van der Waals surface area contributed by atoms with Gasteiger partial charge in [0.1, 0.15) is 16.7 Å². The molecule has 3 heterocycles. The second-order valence-electron chi connectivity index (χ2n) is 5.42. The van der Waals surface area contributed by atoms with E-state index in [-0.39, 0.29) is 0 Å². The molecule has 2 aromatic heterocycles. The van der Waals surface area contributed by atoms with Crippen molar-refractivity contribution in [3.05, 3.63) is 28.8 Å². The van der Waals surface area contributed by atoms with Crippen molar-refractivity contribution in [1.29, 1.82) is 0 Å². The van der Waals surface area contributed by atoms with Gasteiger partial charge in [-0.25, -0.2) is 15.0 Å². The van der Waals surface area contributed by atoms with E-state index in [1.807, 2.05) is 19.9 Å². The van der Waals surface area contributed by atoms with Crippen LogP contribution in [-0.2, 0) is 0 Å². The van der Waals surface area contributed by atoms with Gasteiger partial charge in [-0.3, -0.25) is 0 Å². The van der Waals surface area contributed by atoms with Crippen molar-refractivity contribution in [2.24, 2.45) is 0 Å². The SMILES string of the molecule is COc1ncc(Cl)c(N2CCN(c3cc(C)nc(C)n3)CC2)n1. The monoisotopic (exact) mass is 334 g/mol. The summed E-state index contributed by atoms with van der Waals surface area (Å²) in [6, 6.07) is 2.34. The van der Waals surface area contributed by atoms with Crippen molar-refractivity contribution in [3.8, 4) is 6.01 Å². The van der Waals surface area contributed by atoms with Crippen molar-refractivity contribution < 1.29 is 4.74 Å². The first-order chi connectivity index (χ1) is 11.1. The Morgan fingerprint density at radius 3 is 2.39 bits per heavy atom. The van der Waals surface area contributed by atoms with Gasteiger partial charge >= 0.3 is 6.01 Å². The number of nitrogens with zero attached hydrogens (tertiary/aromatic N) is 6. The number of aryl methyl sites for hydroxylation is 2.